The second-order valence-corrected chi connectivity index (χ2v) is 7.03. The number of anilines is 1. The molecule has 2 amide bonds. The molecule has 138 valence electrons. The van der Waals surface area contributed by atoms with Crippen molar-refractivity contribution in [3.05, 3.63) is 54.5 Å². The number of benzene rings is 1. The molecule has 0 radical (unpaired) electrons. The van der Waals surface area contributed by atoms with Crippen LogP contribution < -0.4 is 10.2 Å². The summed E-state index contributed by atoms with van der Waals surface area (Å²) in [6, 6.07) is 9.63. The van der Waals surface area contributed by atoms with Gasteiger partial charge >= 0.3 is 0 Å². The number of amides is 2. The van der Waals surface area contributed by atoms with Crippen LogP contribution >= 0.6 is 0 Å². The molecule has 1 N–H and O–H groups in total. The number of rotatable bonds is 6. The van der Waals surface area contributed by atoms with Crippen LogP contribution in [0.1, 0.15) is 18.4 Å². The first-order valence-corrected chi connectivity index (χ1v) is 9.09. The van der Waals surface area contributed by atoms with Gasteiger partial charge in [-0.05, 0) is 24.8 Å². The van der Waals surface area contributed by atoms with Crippen molar-refractivity contribution in [2.75, 3.05) is 11.4 Å². The van der Waals surface area contributed by atoms with Crippen molar-refractivity contribution >= 4 is 23.4 Å². The normalized spacial score (nSPS) is 21.9. The zero-order chi connectivity index (χ0) is 18.8. The van der Waals surface area contributed by atoms with Crippen molar-refractivity contribution in [1.29, 1.82) is 0 Å². The summed E-state index contributed by atoms with van der Waals surface area (Å²) in [6.07, 6.45) is 6.74. The molecular weight excluding hydrogens is 344 g/mol. The Kier molecular flexibility index (Phi) is 4.66. The summed E-state index contributed by atoms with van der Waals surface area (Å²) in [4.78, 5) is 47.8. The Morgan fingerprint density at radius 3 is 2.59 bits per heavy atom. The summed E-state index contributed by atoms with van der Waals surface area (Å²) in [7, 11) is 0. The van der Waals surface area contributed by atoms with Gasteiger partial charge in [-0.3, -0.25) is 24.3 Å². The van der Waals surface area contributed by atoms with Crippen molar-refractivity contribution in [2.24, 2.45) is 11.8 Å². The van der Waals surface area contributed by atoms with Gasteiger partial charge in [0.25, 0.3) is 5.91 Å². The molecule has 0 spiro atoms. The van der Waals surface area contributed by atoms with Crippen LogP contribution in [0.4, 0.5) is 5.82 Å². The number of hydrogen-bond acceptors (Lipinski definition) is 5. The molecule has 2 atom stereocenters. The standard InChI is InChI=1S/C20H20N4O3/c25-18(19(26)23-14-6-7-14)16-12-24(17-11-21-8-9-22-17)20(27)15(16)10-13-4-2-1-3-5-13/h1-5,8-9,11,14-16H,6-7,10,12H2,(H,23,26)/t15?,16-/m1/s1. The SMILES string of the molecule is O=C(NC1CC1)C(=O)[C@@H]1CN(c2cnccn2)C(=O)C1Cc1ccccc1. The van der Waals surface area contributed by atoms with Crippen LogP contribution in [0.25, 0.3) is 0 Å². The monoisotopic (exact) mass is 364 g/mol. The Bertz CT molecular complexity index is 852. The highest BCUT2D eigenvalue weighted by Gasteiger charge is 2.47. The zero-order valence-electron chi connectivity index (χ0n) is 14.7. The molecule has 1 aliphatic carbocycles. The summed E-state index contributed by atoms with van der Waals surface area (Å²) in [5.74, 6) is -2.20. The van der Waals surface area contributed by atoms with E-state index in [-0.39, 0.29) is 18.5 Å². The second-order valence-electron chi connectivity index (χ2n) is 7.03. The van der Waals surface area contributed by atoms with Gasteiger partial charge in [0.2, 0.25) is 11.7 Å². The number of Topliss-reactive ketones (excluding diaryl/α,β-unsaturated/α-hetero) is 1. The van der Waals surface area contributed by atoms with Gasteiger partial charge in [-0.25, -0.2) is 4.98 Å². The molecule has 1 aromatic heterocycles. The van der Waals surface area contributed by atoms with Gasteiger partial charge in [0.1, 0.15) is 0 Å². The van der Waals surface area contributed by atoms with E-state index in [0.29, 0.717) is 12.2 Å². The van der Waals surface area contributed by atoms with Crippen LogP contribution in [0.5, 0.6) is 0 Å². The number of hydrogen-bond donors (Lipinski definition) is 1. The van der Waals surface area contributed by atoms with E-state index in [4.69, 9.17) is 0 Å². The number of nitrogens with one attached hydrogen (secondary N) is 1. The minimum Gasteiger partial charge on any atom is -0.347 e. The average molecular weight is 364 g/mol. The van der Waals surface area contributed by atoms with Crippen LogP contribution in [-0.4, -0.2) is 40.2 Å². The second kappa shape index (κ2) is 7.26. The first kappa shape index (κ1) is 17.3. The first-order chi connectivity index (χ1) is 13.1. The molecule has 0 bridgehead atoms. The summed E-state index contributed by atoms with van der Waals surface area (Å²) < 4.78 is 0. The highest BCUT2D eigenvalue weighted by atomic mass is 16.2. The van der Waals surface area contributed by atoms with E-state index in [0.717, 1.165) is 18.4 Å². The Morgan fingerprint density at radius 1 is 1.15 bits per heavy atom. The number of carbonyl (C=O) groups excluding carboxylic acids is 3. The number of carbonyl (C=O) groups is 3. The molecule has 1 saturated carbocycles. The largest absolute Gasteiger partial charge is 0.347 e. The van der Waals surface area contributed by atoms with E-state index in [1.807, 2.05) is 30.3 Å². The van der Waals surface area contributed by atoms with Gasteiger partial charge in [-0.1, -0.05) is 30.3 Å². The van der Waals surface area contributed by atoms with Gasteiger partial charge in [0.05, 0.1) is 18.0 Å². The van der Waals surface area contributed by atoms with Crippen molar-refractivity contribution in [1.82, 2.24) is 15.3 Å². The molecular formula is C20H20N4O3. The van der Waals surface area contributed by atoms with E-state index < -0.39 is 23.5 Å². The summed E-state index contributed by atoms with van der Waals surface area (Å²) in [6.45, 7) is 0.145. The minimum absolute atomic E-state index is 0.0993. The lowest BCUT2D eigenvalue weighted by atomic mass is 9.86. The molecule has 2 fully saturated rings. The zero-order valence-corrected chi connectivity index (χ0v) is 14.7. The average Bonchev–Trinajstić information content (AvgIpc) is 3.46. The first-order valence-electron chi connectivity index (χ1n) is 9.09. The van der Waals surface area contributed by atoms with Gasteiger partial charge < -0.3 is 5.32 Å². The molecule has 2 aliphatic rings. The van der Waals surface area contributed by atoms with Crippen molar-refractivity contribution < 1.29 is 14.4 Å². The molecule has 2 heterocycles. The van der Waals surface area contributed by atoms with Crippen LogP contribution in [-0.2, 0) is 20.8 Å². The van der Waals surface area contributed by atoms with Crippen LogP contribution in [0, 0.1) is 11.8 Å². The molecule has 1 aliphatic heterocycles. The maximum atomic E-state index is 13.1. The predicted molar refractivity (Wildman–Crippen MR) is 97.7 cm³/mol. The number of ketones is 1. The Morgan fingerprint density at radius 2 is 1.93 bits per heavy atom. The fourth-order valence-electron chi connectivity index (χ4n) is 3.44. The Balaban J connectivity index is 1.59. The lowest BCUT2D eigenvalue weighted by Gasteiger charge is -2.15. The smallest absolute Gasteiger partial charge is 0.287 e. The third-order valence-electron chi connectivity index (χ3n) is 5.05. The summed E-state index contributed by atoms with van der Waals surface area (Å²) >= 11 is 0. The van der Waals surface area contributed by atoms with Gasteiger partial charge in [0.15, 0.2) is 5.82 Å². The maximum Gasteiger partial charge on any atom is 0.287 e. The maximum absolute atomic E-state index is 13.1. The Hall–Kier alpha value is -3.09. The minimum atomic E-state index is -0.696. The van der Waals surface area contributed by atoms with Crippen molar-refractivity contribution in [3.8, 4) is 0 Å². The van der Waals surface area contributed by atoms with E-state index in [1.165, 1.54) is 23.5 Å². The highest BCUT2D eigenvalue weighted by Crippen LogP contribution is 2.32. The molecule has 1 unspecified atom stereocenters. The molecule has 1 saturated heterocycles. The van der Waals surface area contributed by atoms with Crippen LogP contribution in [0.3, 0.4) is 0 Å². The van der Waals surface area contributed by atoms with Crippen molar-refractivity contribution in [3.63, 3.8) is 0 Å². The molecule has 7 heteroatoms. The quantitative estimate of drug-likeness (QED) is 0.776. The number of aromatic nitrogens is 2. The molecule has 27 heavy (non-hydrogen) atoms. The fourth-order valence-corrected chi connectivity index (χ4v) is 3.44. The third kappa shape index (κ3) is 3.72. The molecule has 1 aromatic carbocycles. The van der Waals surface area contributed by atoms with Gasteiger partial charge in [0, 0.05) is 25.0 Å². The van der Waals surface area contributed by atoms with Crippen LogP contribution in [0.2, 0.25) is 0 Å². The summed E-state index contributed by atoms with van der Waals surface area (Å²) in [5, 5.41) is 2.74. The van der Waals surface area contributed by atoms with E-state index in [9.17, 15) is 14.4 Å². The fraction of sp³-hybridized carbons (Fsp3) is 0.350. The van der Waals surface area contributed by atoms with Gasteiger partial charge in [-0.2, -0.15) is 0 Å². The van der Waals surface area contributed by atoms with E-state index >= 15 is 0 Å². The molecule has 7 nitrogen and oxygen atoms in total. The van der Waals surface area contributed by atoms with Crippen LogP contribution in [0.15, 0.2) is 48.9 Å². The third-order valence-corrected chi connectivity index (χ3v) is 5.05. The van der Waals surface area contributed by atoms with Gasteiger partial charge in [-0.15, -0.1) is 0 Å². The molecule has 2 aromatic rings. The van der Waals surface area contributed by atoms with Crippen molar-refractivity contribution in [2.45, 2.75) is 25.3 Å². The van der Waals surface area contributed by atoms with E-state index in [1.54, 1.807) is 0 Å². The lowest BCUT2D eigenvalue weighted by Crippen LogP contribution is -2.39. The summed E-state index contributed by atoms with van der Waals surface area (Å²) in [5.41, 5.74) is 0.956. The Labute approximate surface area is 156 Å². The topological polar surface area (TPSA) is 92.3 Å². The van der Waals surface area contributed by atoms with E-state index in [2.05, 4.69) is 15.3 Å². The molecule has 4 rings (SSSR count). The highest BCUT2D eigenvalue weighted by molar-refractivity contribution is 6.38. The predicted octanol–water partition coefficient (Wildman–Crippen LogP) is 1.15. The number of nitrogens with zero attached hydrogens (tertiary/aromatic N) is 3. The lowest BCUT2D eigenvalue weighted by molar-refractivity contribution is -0.141.